The first-order valence-corrected chi connectivity index (χ1v) is 14.9. The predicted molar refractivity (Wildman–Crippen MR) is 148 cm³/mol. The van der Waals surface area contributed by atoms with E-state index in [1.54, 1.807) is 48.9 Å². The lowest BCUT2D eigenvalue weighted by Crippen LogP contribution is -2.37. The molecular formula is C32H33NO5S. The normalized spacial score (nSPS) is 29.9. The Bertz CT molecular complexity index is 1520. The van der Waals surface area contributed by atoms with E-state index in [1.807, 2.05) is 42.5 Å². The number of ketones is 1. The largest absolute Gasteiger partial charge is 0.498 e. The van der Waals surface area contributed by atoms with Gasteiger partial charge in [0.1, 0.15) is 17.3 Å². The lowest BCUT2D eigenvalue weighted by molar-refractivity contribution is -0.126. The van der Waals surface area contributed by atoms with Crippen molar-refractivity contribution in [2.75, 3.05) is 14.2 Å². The molecule has 3 aromatic carbocycles. The van der Waals surface area contributed by atoms with Crippen LogP contribution in [0.2, 0.25) is 0 Å². The van der Waals surface area contributed by atoms with Crippen LogP contribution in [-0.4, -0.2) is 32.7 Å². The monoisotopic (exact) mass is 543 g/mol. The van der Waals surface area contributed by atoms with Crippen molar-refractivity contribution < 1.29 is 22.7 Å². The highest BCUT2D eigenvalue weighted by Gasteiger charge is 2.65. The van der Waals surface area contributed by atoms with E-state index < -0.39 is 22.0 Å². The minimum atomic E-state index is -3.98. The molecule has 0 radical (unpaired) electrons. The van der Waals surface area contributed by atoms with Crippen LogP contribution in [0.1, 0.15) is 36.9 Å². The second-order valence-electron chi connectivity index (χ2n) is 10.9. The van der Waals surface area contributed by atoms with Crippen LogP contribution >= 0.6 is 0 Å². The first kappa shape index (κ1) is 25.7. The first-order valence-electron chi connectivity index (χ1n) is 13.4. The molecule has 2 aliphatic carbocycles. The van der Waals surface area contributed by atoms with E-state index in [2.05, 4.69) is 26.0 Å². The molecule has 5 unspecified atom stereocenters. The molecule has 3 aliphatic rings. The summed E-state index contributed by atoms with van der Waals surface area (Å²) in [5.74, 6) is -0.00468. The summed E-state index contributed by atoms with van der Waals surface area (Å²) in [5, 5.41) is 0. The molecule has 3 aromatic rings. The number of hydrogen-bond acceptors (Lipinski definition) is 5. The summed E-state index contributed by atoms with van der Waals surface area (Å²) < 4.78 is 42.0. The maximum Gasteiger partial charge on any atom is 0.264 e. The number of carbonyl (C=O) groups is 1. The van der Waals surface area contributed by atoms with Gasteiger partial charge in [-0.25, -0.2) is 8.42 Å². The molecule has 2 bridgehead atoms. The summed E-state index contributed by atoms with van der Waals surface area (Å²) in [7, 11) is -0.807. The molecule has 0 aromatic heterocycles. The molecule has 1 saturated heterocycles. The molecule has 1 aliphatic heterocycles. The van der Waals surface area contributed by atoms with Gasteiger partial charge in [-0.2, -0.15) is 0 Å². The predicted octanol–water partition coefficient (Wildman–Crippen LogP) is 5.80. The topological polar surface area (TPSA) is 72.9 Å². The van der Waals surface area contributed by atoms with Crippen LogP contribution in [0.5, 0.6) is 5.75 Å². The molecular weight excluding hydrogens is 510 g/mol. The lowest BCUT2D eigenvalue weighted by atomic mass is 9.72. The van der Waals surface area contributed by atoms with Gasteiger partial charge in [0.15, 0.2) is 0 Å². The Morgan fingerprint density at radius 1 is 0.692 bits per heavy atom. The zero-order valence-corrected chi connectivity index (χ0v) is 23.3. The highest BCUT2D eigenvalue weighted by atomic mass is 32.2. The number of methoxy groups -OCH3 is 2. The van der Waals surface area contributed by atoms with E-state index in [0.29, 0.717) is 17.2 Å². The molecule has 0 spiro atoms. The van der Waals surface area contributed by atoms with Gasteiger partial charge in [-0.3, -0.25) is 9.10 Å². The fourth-order valence-electron chi connectivity index (χ4n) is 7.48. The van der Waals surface area contributed by atoms with E-state index >= 15 is 0 Å². The van der Waals surface area contributed by atoms with Gasteiger partial charge in [-0.15, -0.1) is 0 Å². The van der Waals surface area contributed by atoms with Crippen LogP contribution in [0.15, 0.2) is 101 Å². The quantitative estimate of drug-likeness (QED) is 0.393. The fourth-order valence-corrected chi connectivity index (χ4v) is 9.29. The molecule has 7 heteroatoms. The van der Waals surface area contributed by atoms with E-state index in [9.17, 15) is 13.2 Å². The number of sulfonamides is 1. The van der Waals surface area contributed by atoms with Crippen molar-refractivity contribution in [3.63, 3.8) is 0 Å². The van der Waals surface area contributed by atoms with Crippen LogP contribution in [0.25, 0.3) is 0 Å². The van der Waals surface area contributed by atoms with Crippen molar-refractivity contribution in [3.8, 4) is 5.75 Å². The van der Waals surface area contributed by atoms with Crippen LogP contribution in [-0.2, 0) is 19.6 Å². The van der Waals surface area contributed by atoms with Crippen LogP contribution in [0.4, 0.5) is 0 Å². The molecule has 6 nitrogen and oxygen atoms in total. The van der Waals surface area contributed by atoms with Crippen molar-refractivity contribution in [1.82, 2.24) is 4.31 Å². The second-order valence-corrected chi connectivity index (χ2v) is 12.7. The van der Waals surface area contributed by atoms with E-state index in [1.165, 1.54) is 0 Å². The third-order valence-electron chi connectivity index (χ3n) is 9.08. The van der Waals surface area contributed by atoms with Crippen LogP contribution in [0.3, 0.4) is 0 Å². The van der Waals surface area contributed by atoms with Gasteiger partial charge in [0.2, 0.25) is 0 Å². The molecule has 39 heavy (non-hydrogen) atoms. The van der Waals surface area contributed by atoms with Gasteiger partial charge < -0.3 is 9.47 Å². The number of fused-ring (bicyclic) bond motifs is 4. The smallest absolute Gasteiger partial charge is 0.264 e. The third-order valence-corrected chi connectivity index (χ3v) is 10.9. The van der Waals surface area contributed by atoms with Crippen molar-refractivity contribution >= 4 is 15.8 Å². The summed E-state index contributed by atoms with van der Waals surface area (Å²) in [6.07, 6.45) is 0. The molecule has 202 valence electrons. The van der Waals surface area contributed by atoms with Gasteiger partial charge >= 0.3 is 0 Å². The number of benzene rings is 3. The number of allylic oxidation sites excluding steroid dienone is 2. The fraction of sp³-hybridized carbons (Fsp3) is 0.344. The van der Waals surface area contributed by atoms with Crippen molar-refractivity contribution in [2.45, 2.75) is 30.7 Å². The lowest BCUT2D eigenvalue weighted by Gasteiger charge is -2.33. The Hall–Kier alpha value is -3.58. The molecule has 0 N–H and O–H groups in total. The summed E-state index contributed by atoms with van der Waals surface area (Å²) in [6.45, 7) is 4.21. The van der Waals surface area contributed by atoms with Crippen LogP contribution in [0, 0.1) is 29.6 Å². The van der Waals surface area contributed by atoms with Crippen LogP contribution < -0.4 is 4.74 Å². The Kier molecular flexibility index (Phi) is 6.29. The van der Waals surface area contributed by atoms with Gasteiger partial charge in [0.05, 0.1) is 36.8 Å². The molecule has 7 atom stereocenters. The number of rotatable bonds is 6. The summed E-state index contributed by atoms with van der Waals surface area (Å²) in [4.78, 5) is 14.3. The number of ether oxygens (including phenoxy) is 2. The Morgan fingerprint density at radius 3 is 1.90 bits per heavy atom. The summed E-state index contributed by atoms with van der Waals surface area (Å²) in [6, 6.07) is 25.7. The highest BCUT2D eigenvalue weighted by Crippen LogP contribution is 2.64. The maximum atomic E-state index is 14.5. The Morgan fingerprint density at radius 2 is 1.31 bits per heavy atom. The van der Waals surface area contributed by atoms with Crippen molar-refractivity contribution in [1.29, 1.82) is 0 Å². The SMILES string of the molecule is COC1=C2C(C3C(=O)C1C(c1ccccc1)C3C)[C@H](C)[C@@H](c1ccc(OC)cc1)N2S(=O)(=O)c1ccccc1. The minimum Gasteiger partial charge on any atom is -0.498 e. The molecule has 0 amide bonds. The number of hydrogen-bond donors (Lipinski definition) is 0. The van der Waals surface area contributed by atoms with Crippen molar-refractivity contribution in [2.24, 2.45) is 29.6 Å². The van der Waals surface area contributed by atoms with E-state index in [4.69, 9.17) is 9.47 Å². The van der Waals surface area contributed by atoms with Gasteiger partial charge in [-0.1, -0.05) is 74.5 Å². The van der Waals surface area contributed by atoms with Crippen molar-refractivity contribution in [3.05, 3.63) is 108 Å². The zero-order chi connectivity index (χ0) is 27.5. The summed E-state index contributed by atoms with van der Waals surface area (Å²) in [5.41, 5.74) is 2.57. The summed E-state index contributed by atoms with van der Waals surface area (Å²) >= 11 is 0. The average Bonchev–Trinajstić information content (AvgIpc) is 3.36. The number of Topliss-reactive ketones (excluding diaryl/α,β-unsaturated/α-hetero) is 1. The second kappa shape index (κ2) is 9.56. The number of carbonyl (C=O) groups excluding carboxylic acids is 1. The maximum absolute atomic E-state index is 14.5. The molecule has 2 fully saturated rings. The number of nitrogens with zero attached hydrogens (tertiary/aromatic N) is 1. The molecule has 1 saturated carbocycles. The zero-order valence-electron chi connectivity index (χ0n) is 22.5. The molecule has 1 heterocycles. The average molecular weight is 544 g/mol. The van der Waals surface area contributed by atoms with Gasteiger partial charge in [-0.05, 0) is 47.2 Å². The highest BCUT2D eigenvalue weighted by molar-refractivity contribution is 7.89. The van der Waals surface area contributed by atoms with E-state index in [0.717, 1.165) is 11.1 Å². The Balaban J connectivity index is 1.60. The van der Waals surface area contributed by atoms with E-state index in [-0.39, 0.29) is 40.3 Å². The van der Waals surface area contributed by atoms with Gasteiger partial charge in [0.25, 0.3) is 10.0 Å². The standard InChI is InChI=1S/C32H33NO5S/c1-19-25(21-11-7-5-8-12-21)28-31(34)27(19)26-20(2)29(22-15-17-23(37-3)18-16-22)33(30(26)32(28)38-4)39(35,36)24-13-9-6-10-14-24/h5-20,25-29H,1-4H3/t19?,20-,25?,26?,27?,28?,29-/m0/s1. The van der Waals surface area contributed by atoms with Gasteiger partial charge in [0, 0.05) is 17.8 Å². The minimum absolute atomic E-state index is 0.0240. The first-order chi connectivity index (χ1) is 18.8. The molecule has 6 rings (SSSR count). The third kappa shape index (κ3) is 3.73. The Labute approximate surface area is 230 Å².